The van der Waals surface area contributed by atoms with Gasteiger partial charge in [0.15, 0.2) is 0 Å². The summed E-state index contributed by atoms with van der Waals surface area (Å²) in [6.07, 6.45) is 1.88. The Hall–Kier alpha value is -2.01. The third kappa shape index (κ3) is 1.91. The number of para-hydroxylation sites is 2. The molecule has 0 N–H and O–H groups in total. The molecule has 0 radical (unpaired) electrons. The molecular weight excluding hydrogens is 336 g/mol. The second-order valence-electron chi connectivity index (χ2n) is 9.37. The highest BCUT2D eigenvalue weighted by molar-refractivity contribution is 5.93. The second-order valence-corrected chi connectivity index (χ2v) is 9.37. The Labute approximate surface area is 160 Å². The fourth-order valence-corrected chi connectivity index (χ4v) is 5.80. The van der Waals surface area contributed by atoms with E-state index in [0.717, 1.165) is 61.4 Å². The molecule has 5 rings (SSSR count). The summed E-state index contributed by atoms with van der Waals surface area (Å²) in [6.45, 7) is 10.3. The average Bonchev–Trinajstić information content (AvgIpc) is 2.96. The lowest BCUT2D eigenvalue weighted by Crippen LogP contribution is -2.57. The van der Waals surface area contributed by atoms with Crippen molar-refractivity contribution in [2.24, 2.45) is 5.41 Å². The number of amides is 1. The smallest absolute Gasteiger partial charge is 0.235 e. The molecule has 2 aliphatic carbocycles. The molecule has 2 heterocycles. The van der Waals surface area contributed by atoms with Gasteiger partial charge in [-0.3, -0.25) is 4.79 Å². The highest BCUT2D eigenvalue weighted by Gasteiger charge is 2.73. The van der Waals surface area contributed by atoms with E-state index in [0.29, 0.717) is 0 Å². The molecule has 1 saturated carbocycles. The van der Waals surface area contributed by atoms with Crippen LogP contribution in [0, 0.1) is 5.41 Å². The SMILES string of the molecule is CN1CCN(C(=O)[C@@]23CC[C@](C)(c4nc5ccccc5nc42)C3(C)C)CC1. The van der Waals surface area contributed by atoms with Gasteiger partial charge in [-0.05, 0) is 37.4 Å². The molecule has 1 aliphatic heterocycles. The number of hydrogen-bond acceptors (Lipinski definition) is 4. The minimum absolute atomic E-state index is 0.110. The lowest BCUT2D eigenvalue weighted by molar-refractivity contribution is -0.143. The Morgan fingerprint density at radius 2 is 1.52 bits per heavy atom. The van der Waals surface area contributed by atoms with Gasteiger partial charge in [0.2, 0.25) is 5.91 Å². The summed E-state index contributed by atoms with van der Waals surface area (Å²) < 4.78 is 0. The van der Waals surface area contributed by atoms with E-state index in [4.69, 9.17) is 9.97 Å². The summed E-state index contributed by atoms with van der Waals surface area (Å²) in [7, 11) is 2.12. The van der Waals surface area contributed by atoms with Crippen molar-refractivity contribution in [2.45, 2.75) is 44.4 Å². The topological polar surface area (TPSA) is 49.3 Å². The monoisotopic (exact) mass is 364 g/mol. The van der Waals surface area contributed by atoms with Crippen molar-refractivity contribution in [1.82, 2.24) is 19.8 Å². The summed E-state index contributed by atoms with van der Waals surface area (Å²) in [6, 6.07) is 8.05. The van der Waals surface area contributed by atoms with Gasteiger partial charge in [0.05, 0.1) is 27.8 Å². The van der Waals surface area contributed by atoms with Crippen LogP contribution in [0.4, 0.5) is 0 Å². The van der Waals surface area contributed by atoms with E-state index in [1.54, 1.807) is 0 Å². The molecule has 2 fully saturated rings. The summed E-state index contributed by atoms with van der Waals surface area (Å²) in [5.74, 6) is 0.271. The molecule has 1 amide bonds. The summed E-state index contributed by atoms with van der Waals surface area (Å²) in [5.41, 5.74) is 2.98. The van der Waals surface area contributed by atoms with Gasteiger partial charge < -0.3 is 9.80 Å². The molecule has 2 aromatic rings. The van der Waals surface area contributed by atoms with Gasteiger partial charge in [0.25, 0.3) is 0 Å². The van der Waals surface area contributed by atoms with E-state index in [9.17, 15) is 4.79 Å². The predicted molar refractivity (Wildman–Crippen MR) is 106 cm³/mol. The van der Waals surface area contributed by atoms with Crippen LogP contribution in [-0.2, 0) is 15.6 Å². The van der Waals surface area contributed by atoms with Gasteiger partial charge in [0, 0.05) is 31.6 Å². The number of hydrogen-bond donors (Lipinski definition) is 0. The number of carbonyl (C=O) groups excluding carboxylic acids is 1. The van der Waals surface area contributed by atoms with Crippen molar-refractivity contribution >= 4 is 16.9 Å². The molecule has 2 bridgehead atoms. The molecule has 142 valence electrons. The largest absolute Gasteiger partial charge is 0.339 e. The Morgan fingerprint density at radius 1 is 0.926 bits per heavy atom. The van der Waals surface area contributed by atoms with Crippen molar-refractivity contribution in [3.05, 3.63) is 35.7 Å². The first kappa shape index (κ1) is 17.1. The van der Waals surface area contributed by atoms with Crippen LogP contribution in [0.15, 0.2) is 24.3 Å². The molecule has 5 nitrogen and oxygen atoms in total. The highest BCUT2D eigenvalue weighted by atomic mass is 16.2. The van der Waals surface area contributed by atoms with E-state index < -0.39 is 5.41 Å². The number of nitrogens with zero attached hydrogens (tertiary/aromatic N) is 4. The Balaban J connectivity index is 1.70. The van der Waals surface area contributed by atoms with Crippen molar-refractivity contribution in [3.8, 4) is 0 Å². The lowest BCUT2D eigenvalue weighted by Gasteiger charge is -2.44. The Morgan fingerprint density at radius 3 is 2.15 bits per heavy atom. The number of rotatable bonds is 1. The fraction of sp³-hybridized carbons (Fsp3) is 0.591. The minimum Gasteiger partial charge on any atom is -0.339 e. The molecule has 3 aliphatic rings. The normalized spacial score (nSPS) is 32.1. The molecule has 0 spiro atoms. The van der Waals surface area contributed by atoms with Gasteiger partial charge >= 0.3 is 0 Å². The first-order valence-corrected chi connectivity index (χ1v) is 10.1. The second kappa shape index (κ2) is 5.28. The van der Waals surface area contributed by atoms with E-state index >= 15 is 0 Å². The molecular formula is C22H28N4O. The molecule has 2 atom stereocenters. The van der Waals surface area contributed by atoms with Crippen molar-refractivity contribution in [2.75, 3.05) is 33.2 Å². The zero-order valence-corrected chi connectivity index (χ0v) is 16.7. The van der Waals surface area contributed by atoms with Crippen LogP contribution in [0.1, 0.15) is 45.0 Å². The first-order valence-electron chi connectivity index (χ1n) is 10.1. The van der Waals surface area contributed by atoms with Crippen LogP contribution in [0.5, 0.6) is 0 Å². The van der Waals surface area contributed by atoms with E-state index in [1.807, 2.05) is 24.3 Å². The maximum absolute atomic E-state index is 14.0. The number of piperazine rings is 1. The molecule has 1 aromatic heterocycles. The average molecular weight is 364 g/mol. The van der Waals surface area contributed by atoms with Gasteiger partial charge in [-0.25, -0.2) is 9.97 Å². The van der Waals surface area contributed by atoms with Crippen LogP contribution in [-0.4, -0.2) is 58.9 Å². The Bertz CT molecular complexity index is 946. The van der Waals surface area contributed by atoms with E-state index in [-0.39, 0.29) is 16.7 Å². The molecule has 0 unspecified atom stereocenters. The van der Waals surface area contributed by atoms with Crippen LogP contribution in [0.25, 0.3) is 11.0 Å². The van der Waals surface area contributed by atoms with Crippen LogP contribution in [0.3, 0.4) is 0 Å². The van der Waals surface area contributed by atoms with E-state index in [1.165, 1.54) is 0 Å². The summed E-state index contributed by atoms with van der Waals surface area (Å²) in [5, 5.41) is 0. The van der Waals surface area contributed by atoms with Crippen LogP contribution in [0.2, 0.25) is 0 Å². The fourth-order valence-electron chi connectivity index (χ4n) is 5.80. The van der Waals surface area contributed by atoms with Gasteiger partial charge in [-0.1, -0.05) is 32.9 Å². The zero-order valence-electron chi connectivity index (χ0n) is 16.7. The summed E-state index contributed by atoms with van der Waals surface area (Å²) >= 11 is 0. The first-order chi connectivity index (χ1) is 12.8. The number of likely N-dealkylation sites (N-methyl/N-ethyl adjacent to an activating group) is 1. The maximum atomic E-state index is 14.0. The molecule has 1 saturated heterocycles. The summed E-state index contributed by atoms with van der Waals surface area (Å²) in [4.78, 5) is 28.5. The predicted octanol–water partition coefficient (Wildman–Crippen LogP) is 2.73. The highest BCUT2D eigenvalue weighted by Crippen LogP contribution is 2.70. The van der Waals surface area contributed by atoms with Crippen LogP contribution >= 0.6 is 0 Å². The van der Waals surface area contributed by atoms with E-state index in [2.05, 4.69) is 37.6 Å². The van der Waals surface area contributed by atoms with Gasteiger partial charge in [-0.15, -0.1) is 0 Å². The molecule has 5 heteroatoms. The van der Waals surface area contributed by atoms with Crippen molar-refractivity contribution in [1.29, 1.82) is 0 Å². The van der Waals surface area contributed by atoms with Crippen LogP contribution < -0.4 is 0 Å². The minimum atomic E-state index is -0.552. The molecule has 1 aromatic carbocycles. The van der Waals surface area contributed by atoms with Gasteiger partial charge in [0.1, 0.15) is 0 Å². The standard InChI is InChI=1S/C22H28N4O/c1-20(2)21(3)9-10-22(20,19(27)26-13-11-25(4)12-14-26)18-17(21)23-15-7-5-6-8-16(15)24-18/h5-8H,9-14H2,1-4H3/t21-,22-/m1/s1. The van der Waals surface area contributed by atoms with Gasteiger partial charge in [-0.2, -0.15) is 0 Å². The third-order valence-electron chi connectivity index (χ3n) is 8.10. The van der Waals surface area contributed by atoms with Crippen molar-refractivity contribution < 1.29 is 4.79 Å². The maximum Gasteiger partial charge on any atom is 0.235 e. The van der Waals surface area contributed by atoms with Crippen molar-refractivity contribution in [3.63, 3.8) is 0 Å². The number of carbonyl (C=O) groups is 1. The number of aromatic nitrogens is 2. The Kier molecular flexibility index (Phi) is 3.35. The zero-order chi connectivity index (χ0) is 19.0. The third-order valence-corrected chi connectivity index (χ3v) is 8.10. The molecule has 27 heavy (non-hydrogen) atoms. The number of fused-ring (bicyclic) bond motifs is 6. The number of benzene rings is 1. The quantitative estimate of drug-likeness (QED) is 0.781. The lowest BCUT2D eigenvalue weighted by atomic mass is 9.63.